The fourth-order valence-electron chi connectivity index (χ4n) is 3.17. The van der Waals surface area contributed by atoms with Crippen LogP contribution in [0.3, 0.4) is 0 Å². The number of aromatic carboxylic acids is 1. The summed E-state index contributed by atoms with van der Waals surface area (Å²) in [5.74, 6) is -0.482. The number of benzene rings is 2. The summed E-state index contributed by atoms with van der Waals surface area (Å²) in [6, 6.07) is 12.2. The maximum absolute atomic E-state index is 10.9. The van der Waals surface area contributed by atoms with Crippen LogP contribution in [0.15, 0.2) is 47.6 Å². The first-order chi connectivity index (χ1) is 13.7. The van der Waals surface area contributed by atoms with E-state index in [4.69, 9.17) is 9.84 Å². The number of hydrogen-bond donors (Lipinski definition) is 2. The highest BCUT2D eigenvalue weighted by Gasteiger charge is 2.22. The SMILES string of the molecule is CCN(CC)c1ccc(/C(COc2ccc(C(=O)O)cc2)=N\O)cc1C(C)(C)C. The van der Waals surface area contributed by atoms with Crippen LogP contribution in [0.5, 0.6) is 5.75 Å². The number of carboxylic acids is 1. The summed E-state index contributed by atoms with van der Waals surface area (Å²) in [7, 11) is 0. The molecule has 0 aromatic heterocycles. The molecule has 0 saturated heterocycles. The minimum absolute atomic E-state index is 0.0666. The molecule has 0 radical (unpaired) electrons. The largest absolute Gasteiger partial charge is 0.487 e. The van der Waals surface area contributed by atoms with Gasteiger partial charge in [-0.1, -0.05) is 32.0 Å². The summed E-state index contributed by atoms with van der Waals surface area (Å²) in [4.78, 5) is 13.3. The predicted octanol–water partition coefficient (Wildman–Crippen LogP) is 4.79. The number of carbonyl (C=O) groups is 1. The molecule has 29 heavy (non-hydrogen) atoms. The van der Waals surface area contributed by atoms with Gasteiger partial charge in [-0.25, -0.2) is 4.79 Å². The molecule has 0 amide bonds. The summed E-state index contributed by atoms with van der Waals surface area (Å²) >= 11 is 0. The van der Waals surface area contributed by atoms with Crippen LogP contribution in [0.2, 0.25) is 0 Å². The molecule has 6 heteroatoms. The smallest absolute Gasteiger partial charge is 0.335 e. The van der Waals surface area contributed by atoms with Gasteiger partial charge in [-0.05, 0) is 61.2 Å². The van der Waals surface area contributed by atoms with Gasteiger partial charge in [-0.3, -0.25) is 0 Å². The number of ether oxygens (including phenoxy) is 1. The summed E-state index contributed by atoms with van der Waals surface area (Å²) in [5.41, 5.74) is 3.65. The average Bonchev–Trinajstić information content (AvgIpc) is 2.69. The first-order valence-corrected chi connectivity index (χ1v) is 9.78. The van der Waals surface area contributed by atoms with Crippen LogP contribution in [-0.2, 0) is 5.41 Å². The van der Waals surface area contributed by atoms with E-state index in [9.17, 15) is 10.0 Å². The molecule has 0 bridgehead atoms. The Hall–Kier alpha value is -3.02. The zero-order chi connectivity index (χ0) is 21.6. The van der Waals surface area contributed by atoms with E-state index >= 15 is 0 Å². The van der Waals surface area contributed by atoms with Crippen LogP contribution in [0.4, 0.5) is 5.69 Å². The first-order valence-electron chi connectivity index (χ1n) is 9.78. The summed E-state index contributed by atoms with van der Waals surface area (Å²) in [6.07, 6.45) is 0. The molecule has 0 aliphatic carbocycles. The van der Waals surface area contributed by atoms with E-state index in [1.54, 1.807) is 12.1 Å². The maximum atomic E-state index is 10.9. The Balaban J connectivity index is 2.27. The lowest BCUT2D eigenvalue weighted by molar-refractivity contribution is 0.0697. The van der Waals surface area contributed by atoms with Gasteiger partial charge in [-0.2, -0.15) is 0 Å². The van der Waals surface area contributed by atoms with Gasteiger partial charge in [0.1, 0.15) is 18.1 Å². The molecule has 2 aromatic rings. The van der Waals surface area contributed by atoms with Crippen molar-refractivity contribution >= 4 is 17.4 Å². The molecule has 0 heterocycles. The van der Waals surface area contributed by atoms with Crippen molar-refractivity contribution in [3.05, 3.63) is 59.2 Å². The highest BCUT2D eigenvalue weighted by Crippen LogP contribution is 2.33. The minimum atomic E-state index is -0.989. The zero-order valence-corrected chi connectivity index (χ0v) is 17.8. The van der Waals surface area contributed by atoms with Crippen molar-refractivity contribution in [3.63, 3.8) is 0 Å². The van der Waals surface area contributed by atoms with Crippen LogP contribution < -0.4 is 9.64 Å². The van der Waals surface area contributed by atoms with E-state index in [0.717, 1.165) is 18.7 Å². The molecule has 2 rings (SSSR count). The molecule has 0 aliphatic rings. The van der Waals surface area contributed by atoms with Crippen molar-refractivity contribution in [2.24, 2.45) is 5.16 Å². The molecule has 2 aromatic carbocycles. The standard InChI is InChI=1S/C23H30N2O4/c1-6-25(7-2)21-13-10-17(14-19(21)23(3,4)5)20(24-28)15-29-18-11-8-16(9-12-18)22(26)27/h8-14,28H,6-7,15H2,1-5H3,(H,26,27)/b24-20-. The lowest BCUT2D eigenvalue weighted by Gasteiger charge is -2.30. The summed E-state index contributed by atoms with van der Waals surface area (Å²) < 4.78 is 5.70. The third kappa shape index (κ3) is 5.50. The van der Waals surface area contributed by atoms with Crippen molar-refractivity contribution in [1.82, 2.24) is 0 Å². The summed E-state index contributed by atoms with van der Waals surface area (Å²) in [6.45, 7) is 12.6. The molecular formula is C23H30N2O4. The normalized spacial score (nSPS) is 12.0. The lowest BCUT2D eigenvalue weighted by Crippen LogP contribution is -2.27. The van der Waals surface area contributed by atoms with Gasteiger partial charge in [0.15, 0.2) is 0 Å². The van der Waals surface area contributed by atoms with Gasteiger partial charge in [0.2, 0.25) is 0 Å². The Morgan fingerprint density at radius 3 is 2.10 bits per heavy atom. The number of rotatable bonds is 8. The quantitative estimate of drug-likeness (QED) is 0.380. The molecular weight excluding hydrogens is 368 g/mol. The number of oxime groups is 1. The van der Waals surface area contributed by atoms with Gasteiger partial charge in [0, 0.05) is 24.3 Å². The molecule has 0 saturated carbocycles. The fourth-order valence-corrected chi connectivity index (χ4v) is 3.17. The molecule has 0 atom stereocenters. The fraction of sp³-hybridized carbons (Fsp3) is 0.391. The lowest BCUT2D eigenvalue weighted by atomic mass is 9.84. The van der Waals surface area contributed by atoms with Gasteiger partial charge < -0.3 is 20.0 Å². The van der Waals surface area contributed by atoms with E-state index in [0.29, 0.717) is 11.5 Å². The van der Waals surface area contributed by atoms with Crippen LogP contribution in [0.25, 0.3) is 0 Å². The number of hydrogen-bond acceptors (Lipinski definition) is 5. The van der Waals surface area contributed by atoms with E-state index in [1.807, 2.05) is 6.07 Å². The second kappa shape index (κ2) is 9.45. The Kier molecular flexibility index (Phi) is 7.26. The van der Waals surface area contributed by atoms with Gasteiger partial charge in [0.05, 0.1) is 5.56 Å². The van der Waals surface area contributed by atoms with Gasteiger partial charge in [-0.15, -0.1) is 0 Å². The summed E-state index contributed by atoms with van der Waals surface area (Å²) in [5, 5.41) is 22.0. The topological polar surface area (TPSA) is 82.4 Å². The molecule has 0 spiro atoms. The molecule has 156 valence electrons. The predicted molar refractivity (Wildman–Crippen MR) is 116 cm³/mol. The van der Waals surface area contributed by atoms with Crippen molar-refractivity contribution < 1.29 is 19.8 Å². The number of nitrogens with zero attached hydrogens (tertiary/aromatic N) is 2. The highest BCUT2D eigenvalue weighted by molar-refractivity contribution is 6.02. The second-order valence-corrected chi connectivity index (χ2v) is 7.82. The molecule has 2 N–H and O–H groups in total. The van der Waals surface area contributed by atoms with Crippen LogP contribution in [0.1, 0.15) is 56.1 Å². The molecule has 0 fully saturated rings. The van der Waals surface area contributed by atoms with Crippen LogP contribution in [0, 0.1) is 0 Å². The Bertz CT molecular complexity index is 863. The monoisotopic (exact) mass is 398 g/mol. The van der Waals surface area contributed by atoms with Crippen LogP contribution in [-0.4, -0.2) is 41.7 Å². The van der Waals surface area contributed by atoms with E-state index in [-0.39, 0.29) is 17.6 Å². The Morgan fingerprint density at radius 1 is 1.03 bits per heavy atom. The van der Waals surface area contributed by atoms with Crippen molar-refractivity contribution in [2.45, 2.75) is 40.0 Å². The van der Waals surface area contributed by atoms with Crippen molar-refractivity contribution in [2.75, 3.05) is 24.6 Å². The second-order valence-electron chi connectivity index (χ2n) is 7.82. The number of carboxylic acid groups (broad SMARTS) is 1. The molecule has 0 aliphatic heterocycles. The minimum Gasteiger partial charge on any atom is -0.487 e. The molecule has 0 unspecified atom stereocenters. The third-order valence-electron chi connectivity index (χ3n) is 4.84. The first kappa shape index (κ1) is 22.3. The van der Waals surface area contributed by atoms with Gasteiger partial charge >= 0.3 is 5.97 Å². The third-order valence-corrected chi connectivity index (χ3v) is 4.84. The van der Waals surface area contributed by atoms with Gasteiger partial charge in [0.25, 0.3) is 0 Å². The van der Waals surface area contributed by atoms with E-state index in [2.05, 4.69) is 56.8 Å². The van der Waals surface area contributed by atoms with Crippen molar-refractivity contribution in [1.29, 1.82) is 0 Å². The Labute approximate surface area is 172 Å². The van der Waals surface area contributed by atoms with Crippen LogP contribution >= 0.6 is 0 Å². The maximum Gasteiger partial charge on any atom is 0.335 e. The Morgan fingerprint density at radius 2 is 1.62 bits per heavy atom. The number of anilines is 1. The zero-order valence-electron chi connectivity index (χ0n) is 17.8. The van der Waals surface area contributed by atoms with Crippen molar-refractivity contribution in [3.8, 4) is 5.75 Å². The molecule has 6 nitrogen and oxygen atoms in total. The highest BCUT2D eigenvalue weighted by atomic mass is 16.5. The van der Waals surface area contributed by atoms with E-state index < -0.39 is 5.97 Å². The van der Waals surface area contributed by atoms with E-state index in [1.165, 1.54) is 23.4 Å². The average molecular weight is 399 g/mol.